The van der Waals surface area contributed by atoms with Crippen LogP contribution < -0.4 is 10.6 Å². The van der Waals surface area contributed by atoms with Crippen LogP contribution in [0.15, 0.2) is 24.3 Å². The van der Waals surface area contributed by atoms with Crippen LogP contribution in [0, 0.1) is 0 Å². The number of nitrogens with zero attached hydrogens (tertiary/aromatic N) is 1. The van der Waals surface area contributed by atoms with E-state index >= 15 is 0 Å². The molecular formula is C17H27N3O3. The zero-order chi connectivity index (χ0) is 17.1. The smallest absolute Gasteiger partial charge is 0.404 e. The van der Waals surface area contributed by atoms with Gasteiger partial charge in [-0.15, -0.1) is 0 Å². The molecule has 23 heavy (non-hydrogen) atoms. The molecule has 6 heteroatoms. The van der Waals surface area contributed by atoms with Crippen LogP contribution in [-0.2, 0) is 6.42 Å². The second kappa shape index (κ2) is 10.5. The van der Waals surface area contributed by atoms with Crippen molar-refractivity contribution in [3.05, 3.63) is 29.8 Å². The van der Waals surface area contributed by atoms with Gasteiger partial charge in [0.15, 0.2) is 0 Å². The molecule has 0 bridgehead atoms. The molecule has 0 aliphatic heterocycles. The Morgan fingerprint density at radius 3 is 2.48 bits per heavy atom. The maximum Gasteiger partial charge on any atom is 0.404 e. The highest BCUT2D eigenvalue weighted by Gasteiger charge is 2.11. The van der Waals surface area contributed by atoms with Crippen LogP contribution in [0.5, 0.6) is 0 Å². The molecule has 1 aromatic rings. The second-order valence-corrected chi connectivity index (χ2v) is 5.45. The number of carbonyl (C=O) groups is 2. The fourth-order valence-corrected chi connectivity index (χ4v) is 2.35. The van der Waals surface area contributed by atoms with Gasteiger partial charge in [0.05, 0.1) is 0 Å². The lowest BCUT2D eigenvalue weighted by molar-refractivity contribution is 0.194. The summed E-state index contributed by atoms with van der Waals surface area (Å²) < 4.78 is 0. The maximum absolute atomic E-state index is 12.3. The lowest BCUT2D eigenvalue weighted by atomic mass is 10.1. The van der Waals surface area contributed by atoms with Gasteiger partial charge in [0.2, 0.25) is 0 Å². The van der Waals surface area contributed by atoms with Crippen LogP contribution in [0.25, 0.3) is 0 Å². The van der Waals surface area contributed by atoms with E-state index in [-0.39, 0.29) is 6.03 Å². The minimum atomic E-state index is -1.00. The molecule has 128 valence electrons. The summed E-state index contributed by atoms with van der Waals surface area (Å²) in [4.78, 5) is 24.5. The molecule has 0 aromatic heterocycles. The van der Waals surface area contributed by atoms with Crippen molar-refractivity contribution in [2.75, 3.05) is 25.0 Å². The Labute approximate surface area is 137 Å². The van der Waals surface area contributed by atoms with Crippen LogP contribution in [0.4, 0.5) is 15.3 Å². The Kier molecular flexibility index (Phi) is 8.57. The van der Waals surface area contributed by atoms with E-state index in [1.807, 2.05) is 29.2 Å². The first-order valence-electron chi connectivity index (χ1n) is 8.18. The Hall–Kier alpha value is -2.24. The zero-order valence-electron chi connectivity index (χ0n) is 14.0. The predicted molar refractivity (Wildman–Crippen MR) is 92.0 cm³/mol. The lowest BCUT2D eigenvalue weighted by Crippen LogP contribution is -2.36. The number of anilines is 1. The minimum absolute atomic E-state index is 0.0709. The number of rotatable bonds is 9. The van der Waals surface area contributed by atoms with E-state index in [4.69, 9.17) is 5.11 Å². The third-order valence-corrected chi connectivity index (χ3v) is 3.37. The highest BCUT2D eigenvalue weighted by Crippen LogP contribution is 2.13. The molecule has 0 spiro atoms. The summed E-state index contributed by atoms with van der Waals surface area (Å²) in [6.07, 6.45) is 2.35. The number of urea groups is 1. The van der Waals surface area contributed by atoms with E-state index in [2.05, 4.69) is 24.5 Å². The molecule has 0 aliphatic rings. The van der Waals surface area contributed by atoms with Crippen molar-refractivity contribution >= 4 is 17.8 Å². The van der Waals surface area contributed by atoms with Crippen molar-refractivity contribution in [2.24, 2.45) is 0 Å². The summed E-state index contributed by atoms with van der Waals surface area (Å²) >= 11 is 0. The molecular weight excluding hydrogens is 294 g/mol. The van der Waals surface area contributed by atoms with Crippen LogP contribution in [0.1, 0.15) is 38.7 Å². The van der Waals surface area contributed by atoms with Crippen molar-refractivity contribution in [3.8, 4) is 0 Å². The van der Waals surface area contributed by atoms with Crippen LogP contribution in [-0.4, -0.2) is 41.8 Å². The lowest BCUT2D eigenvalue weighted by Gasteiger charge is -2.22. The Balaban J connectivity index is 2.54. The Morgan fingerprint density at radius 1 is 1.17 bits per heavy atom. The average molecular weight is 321 g/mol. The molecule has 0 saturated heterocycles. The molecule has 0 radical (unpaired) electrons. The number of carboxylic acid groups (broad SMARTS) is 1. The number of nitrogens with one attached hydrogen (secondary N) is 2. The SMILES string of the molecule is CCCN(CCC)C(=O)Nc1cccc(CCCNC(=O)O)c1. The van der Waals surface area contributed by atoms with E-state index < -0.39 is 6.09 Å². The first kappa shape index (κ1) is 18.8. The van der Waals surface area contributed by atoms with Crippen LogP contribution >= 0.6 is 0 Å². The van der Waals surface area contributed by atoms with Crippen molar-refractivity contribution in [2.45, 2.75) is 39.5 Å². The molecule has 0 atom stereocenters. The summed E-state index contributed by atoms with van der Waals surface area (Å²) in [5.41, 5.74) is 1.85. The number of hydrogen-bond acceptors (Lipinski definition) is 2. The van der Waals surface area contributed by atoms with Gasteiger partial charge in [-0.05, 0) is 43.4 Å². The fraction of sp³-hybridized carbons (Fsp3) is 0.529. The highest BCUT2D eigenvalue weighted by atomic mass is 16.4. The first-order valence-corrected chi connectivity index (χ1v) is 8.18. The van der Waals surface area contributed by atoms with Crippen LogP contribution in [0.2, 0.25) is 0 Å². The molecule has 1 aromatic carbocycles. The number of carbonyl (C=O) groups excluding carboxylic acids is 1. The largest absolute Gasteiger partial charge is 0.465 e. The van der Waals surface area contributed by atoms with Crippen molar-refractivity contribution in [1.82, 2.24) is 10.2 Å². The highest BCUT2D eigenvalue weighted by molar-refractivity contribution is 5.89. The second-order valence-electron chi connectivity index (χ2n) is 5.45. The molecule has 3 amide bonds. The molecule has 0 saturated carbocycles. The number of amides is 3. The molecule has 0 fully saturated rings. The minimum Gasteiger partial charge on any atom is -0.465 e. The summed E-state index contributed by atoms with van der Waals surface area (Å²) in [5.74, 6) is 0. The molecule has 0 unspecified atom stereocenters. The quantitative estimate of drug-likeness (QED) is 0.608. The van der Waals surface area contributed by atoms with Crippen molar-refractivity contribution in [3.63, 3.8) is 0 Å². The third-order valence-electron chi connectivity index (χ3n) is 3.37. The standard InChI is InChI=1S/C17H27N3O3/c1-3-11-20(12-4-2)16(21)19-15-9-5-7-14(13-15)8-6-10-18-17(22)23/h5,7,9,13,18H,3-4,6,8,10-12H2,1-2H3,(H,19,21)(H,22,23). The van der Waals surface area contributed by atoms with Gasteiger partial charge in [0, 0.05) is 25.3 Å². The van der Waals surface area contributed by atoms with Gasteiger partial charge < -0.3 is 20.6 Å². The topological polar surface area (TPSA) is 81.7 Å². The van der Waals surface area contributed by atoms with Crippen molar-refractivity contribution in [1.29, 1.82) is 0 Å². The van der Waals surface area contributed by atoms with Gasteiger partial charge in [-0.3, -0.25) is 0 Å². The molecule has 3 N–H and O–H groups in total. The number of hydrogen-bond donors (Lipinski definition) is 3. The van der Waals surface area contributed by atoms with E-state index in [0.717, 1.165) is 50.0 Å². The molecule has 0 aliphatic carbocycles. The fourth-order valence-electron chi connectivity index (χ4n) is 2.35. The van der Waals surface area contributed by atoms with E-state index in [0.29, 0.717) is 6.54 Å². The van der Waals surface area contributed by atoms with Gasteiger partial charge in [-0.25, -0.2) is 9.59 Å². The summed E-state index contributed by atoms with van der Waals surface area (Å²) in [7, 11) is 0. The van der Waals surface area contributed by atoms with E-state index in [1.165, 1.54) is 0 Å². The number of benzene rings is 1. The Morgan fingerprint density at radius 2 is 1.87 bits per heavy atom. The normalized spacial score (nSPS) is 10.2. The summed E-state index contributed by atoms with van der Waals surface area (Å²) in [5, 5.41) is 13.8. The van der Waals surface area contributed by atoms with Crippen molar-refractivity contribution < 1.29 is 14.7 Å². The summed E-state index contributed by atoms with van der Waals surface area (Å²) in [6, 6.07) is 7.62. The van der Waals surface area contributed by atoms with Crippen LogP contribution in [0.3, 0.4) is 0 Å². The van der Waals surface area contributed by atoms with Gasteiger partial charge in [-0.2, -0.15) is 0 Å². The molecule has 1 rings (SSSR count). The zero-order valence-corrected chi connectivity index (χ0v) is 14.0. The molecule has 0 heterocycles. The maximum atomic E-state index is 12.3. The van der Waals surface area contributed by atoms with Gasteiger partial charge >= 0.3 is 12.1 Å². The van der Waals surface area contributed by atoms with Gasteiger partial charge in [0.1, 0.15) is 0 Å². The molecule has 6 nitrogen and oxygen atoms in total. The van der Waals surface area contributed by atoms with E-state index in [9.17, 15) is 9.59 Å². The Bertz CT molecular complexity index is 500. The first-order chi connectivity index (χ1) is 11.1. The summed E-state index contributed by atoms with van der Waals surface area (Å²) in [6.45, 7) is 6.04. The predicted octanol–water partition coefficient (Wildman–Crippen LogP) is 3.54. The average Bonchev–Trinajstić information content (AvgIpc) is 2.51. The number of aryl methyl sites for hydroxylation is 1. The van der Waals surface area contributed by atoms with E-state index in [1.54, 1.807) is 0 Å². The van der Waals surface area contributed by atoms with Gasteiger partial charge in [-0.1, -0.05) is 26.0 Å². The van der Waals surface area contributed by atoms with Gasteiger partial charge in [0.25, 0.3) is 0 Å². The monoisotopic (exact) mass is 321 g/mol. The third kappa shape index (κ3) is 7.54.